The van der Waals surface area contributed by atoms with Gasteiger partial charge in [-0.05, 0) is 44.6 Å². The maximum Gasteiger partial charge on any atom is 0.402 e. The van der Waals surface area contributed by atoms with E-state index in [1.165, 1.54) is 24.2 Å². The van der Waals surface area contributed by atoms with E-state index in [9.17, 15) is 9.59 Å². The molecule has 7 heteroatoms. The summed E-state index contributed by atoms with van der Waals surface area (Å²) in [5.74, 6) is 1.16. The van der Waals surface area contributed by atoms with Gasteiger partial charge in [-0.3, -0.25) is 14.6 Å². The highest BCUT2D eigenvalue weighted by molar-refractivity contribution is 6.19. The van der Waals surface area contributed by atoms with Gasteiger partial charge in [-0.1, -0.05) is 41.7 Å². The second kappa shape index (κ2) is 7.38. The third-order valence-electron chi connectivity index (χ3n) is 6.66. The zero-order chi connectivity index (χ0) is 20.8. The number of hydrogen-bond acceptors (Lipinski definition) is 3. The Hall–Kier alpha value is -2.96. The summed E-state index contributed by atoms with van der Waals surface area (Å²) in [7, 11) is 1.72. The maximum atomic E-state index is 13.4. The van der Waals surface area contributed by atoms with Crippen molar-refractivity contribution in [1.82, 2.24) is 14.4 Å². The van der Waals surface area contributed by atoms with Crippen molar-refractivity contribution in [2.24, 2.45) is 4.99 Å². The fraction of sp³-hybridized carbons (Fsp3) is 0.478. The van der Waals surface area contributed by atoms with Crippen LogP contribution < -0.4 is 4.57 Å². The summed E-state index contributed by atoms with van der Waals surface area (Å²) >= 11 is 0. The van der Waals surface area contributed by atoms with Gasteiger partial charge >= 0.3 is 12.0 Å². The lowest BCUT2D eigenvalue weighted by Crippen LogP contribution is -2.63. The van der Waals surface area contributed by atoms with E-state index < -0.39 is 6.04 Å². The van der Waals surface area contributed by atoms with Crippen molar-refractivity contribution in [3.05, 3.63) is 47.8 Å². The van der Waals surface area contributed by atoms with Crippen LogP contribution in [-0.2, 0) is 11.2 Å². The lowest BCUT2D eigenvalue weighted by Gasteiger charge is -2.33. The van der Waals surface area contributed by atoms with Gasteiger partial charge in [0, 0.05) is 13.6 Å². The minimum atomic E-state index is -0.554. The van der Waals surface area contributed by atoms with Crippen molar-refractivity contribution in [1.29, 1.82) is 0 Å². The Morgan fingerprint density at radius 1 is 1.10 bits per heavy atom. The highest BCUT2D eigenvalue weighted by atomic mass is 16.2. The van der Waals surface area contributed by atoms with E-state index in [1.807, 2.05) is 41.1 Å². The van der Waals surface area contributed by atoms with E-state index in [1.54, 1.807) is 11.9 Å². The number of amides is 3. The van der Waals surface area contributed by atoms with Crippen LogP contribution in [0.15, 0.2) is 41.5 Å². The van der Waals surface area contributed by atoms with E-state index in [-0.39, 0.29) is 11.9 Å². The number of fused-ring (bicyclic) bond motifs is 3. The fourth-order valence-corrected chi connectivity index (χ4v) is 5.08. The van der Waals surface area contributed by atoms with E-state index in [4.69, 9.17) is 4.99 Å². The Morgan fingerprint density at radius 3 is 2.57 bits per heavy atom. The molecule has 2 aliphatic heterocycles. The molecule has 0 radical (unpaired) electrons. The topological polar surface area (TPSA) is 61.8 Å². The molecule has 0 spiro atoms. The van der Waals surface area contributed by atoms with E-state index in [2.05, 4.69) is 11.5 Å². The number of benzene rings is 1. The highest BCUT2D eigenvalue weighted by Crippen LogP contribution is 2.36. The first kappa shape index (κ1) is 19.0. The Balaban J connectivity index is 1.46. The molecule has 2 aromatic rings. The van der Waals surface area contributed by atoms with Crippen LogP contribution in [0.2, 0.25) is 0 Å². The maximum absolute atomic E-state index is 13.4. The molecule has 7 nitrogen and oxygen atoms in total. The molecule has 156 valence electrons. The van der Waals surface area contributed by atoms with Gasteiger partial charge in [0.2, 0.25) is 11.9 Å². The van der Waals surface area contributed by atoms with Gasteiger partial charge in [-0.15, -0.1) is 0 Å². The third kappa shape index (κ3) is 2.95. The van der Waals surface area contributed by atoms with Crippen LogP contribution in [0, 0.1) is 6.92 Å². The minimum absolute atomic E-state index is 0.183. The SMILES string of the molecule is Cc1c[n+]2c(n1C1CCCCC1)N=C1C2C(=O)N(CCc2ccccc2)C(=O)N1C. The number of carbonyl (C=O) groups excluding carboxylic acids is 2. The number of amidine groups is 1. The Morgan fingerprint density at radius 2 is 1.83 bits per heavy atom. The van der Waals surface area contributed by atoms with E-state index in [0.717, 1.165) is 30.0 Å². The van der Waals surface area contributed by atoms with Gasteiger partial charge in [0.15, 0.2) is 0 Å². The highest BCUT2D eigenvalue weighted by Gasteiger charge is 2.53. The van der Waals surface area contributed by atoms with Crippen LogP contribution in [0.25, 0.3) is 0 Å². The van der Waals surface area contributed by atoms with Gasteiger partial charge in [0.25, 0.3) is 5.91 Å². The second-order valence-corrected chi connectivity index (χ2v) is 8.58. The summed E-state index contributed by atoms with van der Waals surface area (Å²) in [6, 6.07) is 9.53. The van der Waals surface area contributed by atoms with Crippen LogP contribution in [0.4, 0.5) is 10.7 Å². The third-order valence-corrected chi connectivity index (χ3v) is 6.66. The van der Waals surface area contributed by atoms with Crippen molar-refractivity contribution >= 4 is 23.7 Å². The molecule has 1 atom stereocenters. The van der Waals surface area contributed by atoms with Crippen molar-refractivity contribution < 1.29 is 14.2 Å². The average molecular weight is 407 g/mol. The number of imidazole rings is 1. The van der Waals surface area contributed by atoms with Crippen molar-refractivity contribution in [3.8, 4) is 0 Å². The van der Waals surface area contributed by atoms with Crippen molar-refractivity contribution in [3.63, 3.8) is 0 Å². The number of rotatable bonds is 4. The molecule has 5 rings (SSSR count). The van der Waals surface area contributed by atoms with E-state index >= 15 is 0 Å². The average Bonchev–Trinajstić information content (AvgIpc) is 3.28. The van der Waals surface area contributed by atoms with Crippen LogP contribution >= 0.6 is 0 Å². The molecule has 3 amide bonds. The molecule has 1 saturated carbocycles. The molecule has 1 aromatic carbocycles. The number of carbonyl (C=O) groups is 2. The molecule has 0 bridgehead atoms. The van der Waals surface area contributed by atoms with Crippen LogP contribution in [0.5, 0.6) is 0 Å². The first-order valence-electron chi connectivity index (χ1n) is 10.9. The summed E-state index contributed by atoms with van der Waals surface area (Å²) in [6.07, 6.45) is 8.70. The quantitative estimate of drug-likeness (QED) is 0.732. The Bertz CT molecular complexity index is 1020. The lowest BCUT2D eigenvalue weighted by molar-refractivity contribution is -0.677. The van der Waals surface area contributed by atoms with Crippen molar-refractivity contribution in [2.75, 3.05) is 13.6 Å². The molecular weight excluding hydrogens is 378 g/mol. The Labute approximate surface area is 176 Å². The van der Waals surface area contributed by atoms with Gasteiger partial charge in [-0.25, -0.2) is 13.9 Å². The summed E-state index contributed by atoms with van der Waals surface area (Å²) in [5.41, 5.74) is 2.24. The van der Waals surface area contributed by atoms with Gasteiger partial charge in [0.1, 0.15) is 11.9 Å². The first-order valence-corrected chi connectivity index (χ1v) is 10.9. The normalized spacial score (nSPS) is 21.7. The summed E-state index contributed by atoms with van der Waals surface area (Å²) in [5, 5.41) is 0. The number of aromatic nitrogens is 2. The first-order chi connectivity index (χ1) is 14.6. The van der Waals surface area contributed by atoms with Crippen LogP contribution in [0.1, 0.15) is 55.4 Å². The smallest absolute Gasteiger partial charge is 0.270 e. The predicted molar refractivity (Wildman–Crippen MR) is 113 cm³/mol. The number of nitrogens with zero attached hydrogens (tertiary/aromatic N) is 5. The van der Waals surface area contributed by atoms with Gasteiger partial charge in [0.05, 0.1) is 6.04 Å². The number of urea groups is 1. The number of likely N-dealkylation sites (N-methyl/N-ethyl adjacent to an activating group) is 1. The summed E-state index contributed by atoms with van der Waals surface area (Å²) in [4.78, 5) is 34.1. The molecule has 2 fully saturated rings. The molecular formula is C23H28N5O2+. The van der Waals surface area contributed by atoms with Gasteiger partial charge in [-0.2, -0.15) is 0 Å². The number of hydrogen-bond donors (Lipinski definition) is 0. The molecule has 0 N–H and O–H groups in total. The molecule has 30 heavy (non-hydrogen) atoms. The number of imide groups is 1. The number of aliphatic imine (C=N–C) groups is 1. The van der Waals surface area contributed by atoms with Crippen molar-refractivity contribution in [2.45, 2.75) is 57.5 Å². The number of aryl methyl sites for hydroxylation is 1. The molecule has 3 aliphatic rings. The summed E-state index contributed by atoms with van der Waals surface area (Å²) < 4.78 is 4.25. The zero-order valence-electron chi connectivity index (χ0n) is 17.6. The van der Waals surface area contributed by atoms with E-state index in [0.29, 0.717) is 24.8 Å². The summed E-state index contributed by atoms with van der Waals surface area (Å²) in [6.45, 7) is 2.46. The largest absolute Gasteiger partial charge is 0.402 e. The molecule has 1 unspecified atom stereocenters. The van der Waals surface area contributed by atoms with Gasteiger partial charge < -0.3 is 0 Å². The standard InChI is InChI=1S/C23H28N5O2/c1-16-15-27-19-20(24-22(27)28(16)18-11-7-4-8-12-18)25(2)23(30)26(21(19)29)14-13-17-9-5-3-6-10-17/h3,5-6,9-10,15,18-19H,4,7-8,11-14H2,1-2H3/q+1. The molecule has 1 aliphatic carbocycles. The monoisotopic (exact) mass is 406 g/mol. The predicted octanol–water partition coefficient (Wildman–Crippen LogP) is 3.31. The molecule has 3 heterocycles. The molecule has 1 saturated heterocycles. The van der Waals surface area contributed by atoms with Crippen LogP contribution in [-0.4, -0.2) is 45.7 Å². The Kier molecular flexibility index (Phi) is 4.68. The zero-order valence-corrected chi connectivity index (χ0v) is 17.6. The van der Waals surface area contributed by atoms with Crippen LogP contribution in [0.3, 0.4) is 0 Å². The lowest BCUT2D eigenvalue weighted by atomic mass is 9.95. The minimum Gasteiger partial charge on any atom is -0.270 e. The fourth-order valence-electron chi connectivity index (χ4n) is 5.08. The second-order valence-electron chi connectivity index (χ2n) is 8.58. The molecule has 1 aromatic heterocycles.